The van der Waals surface area contributed by atoms with Crippen LogP contribution in [0.5, 0.6) is 0 Å². The van der Waals surface area contributed by atoms with E-state index in [-0.39, 0.29) is 30.6 Å². The zero-order valence-electron chi connectivity index (χ0n) is 18.3. The molecule has 0 spiro atoms. The third kappa shape index (κ3) is 7.99. The van der Waals surface area contributed by atoms with Gasteiger partial charge in [-0.25, -0.2) is 0 Å². The van der Waals surface area contributed by atoms with E-state index in [1.165, 1.54) is 19.3 Å². The summed E-state index contributed by atoms with van der Waals surface area (Å²) < 4.78 is 0. The Morgan fingerprint density at radius 3 is 2.55 bits per heavy atom. The number of carbonyl (C=O) groups excluding carboxylic acids is 1. The summed E-state index contributed by atoms with van der Waals surface area (Å²) in [5.74, 6) is 0.257. The van der Waals surface area contributed by atoms with Gasteiger partial charge in [-0.15, -0.1) is 0 Å². The number of aliphatic hydroxyl groups is 3. The summed E-state index contributed by atoms with van der Waals surface area (Å²) in [5.41, 5.74) is -0.611. The summed E-state index contributed by atoms with van der Waals surface area (Å²) in [4.78, 5) is 12.3. The van der Waals surface area contributed by atoms with Crippen LogP contribution in [-0.4, -0.2) is 39.4 Å². The van der Waals surface area contributed by atoms with Gasteiger partial charge in [-0.2, -0.15) is 0 Å². The Kier molecular flexibility index (Phi) is 10.6. The SMILES string of the molecule is CCCCCCC(O)(CC=C[C@H]1[C@H](O)CC(=O)[C@@H]1CC=CCCCCO)C1CC1. The van der Waals surface area contributed by atoms with Crippen LogP contribution in [-0.2, 0) is 4.79 Å². The minimum Gasteiger partial charge on any atom is -0.396 e. The molecule has 4 atom stereocenters. The summed E-state index contributed by atoms with van der Waals surface area (Å²) in [7, 11) is 0. The number of rotatable bonds is 15. The summed E-state index contributed by atoms with van der Waals surface area (Å²) in [6, 6.07) is 0. The van der Waals surface area contributed by atoms with Crippen LogP contribution in [0.15, 0.2) is 24.3 Å². The second kappa shape index (κ2) is 12.7. The van der Waals surface area contributed by atoms with E-state index in [4.69, 9.17) is 5.11 Å². The van der Waals surface area contributed by atoms with Gasteiger partial charge < -0.3 is 15.3 Å². The van der Waals surface area contributed by atoms with Crippen LogP contribution in [0, 0.1) is 17.8 Å². The fourth-order valence-corrected chi connectivity index (χ4v) is 4.64. The average molecular weight is 407 g/mol. The van der Waals surface area contributed by atoms with Crippen LogP contribution in [0.2, 0.25) is 0 Å². The predicted molar refractivity (Wildman–Crippen MR) is 117 cm³/mol. The molecule has 0 bridgehead atoms. The first-order valence-electron chi connectivity index (χ1n) is 11.9. The predicted octanol–water partition coefficient (Wildman–Crippen LogP) is 4.72. The van der Waals surface area contributed by atoms with Crippen molar-refractivity contribution in [3.63, 3.8) is 0 Å². The highest BCUT2D eigenvalue weighted by molar-refractivity contribution is 5.84. The molecule has 0 aromatic rings. The zero-order valence-corrected chi connectivity index (χ0v) is 18.3. The van der Waals surface area contributed by atoms with Gasteiger partial charge in [0.25, 0.3) is 0 Å². The maximum atomic E-state index is 12.3. The smallest absolute Gasteiger partial charge is 0.139 e. The van der Waals surface area contributed by atoms with E-state index in [1.54, 1.807) is 0 Å². The number of ketones is 1. The largest absolute Gasteiger partial charge is 0.396 e. The van der Waals surface area contributed by atoms with Crippen molar-refractivity contribution >= 4 is 5.78 Å². The van der Waals surface area contributed by atoms with Gasteiger partial charge in [-0.05, 0) is 57.3 Å². The number of Topliss-reactive ketones (excluding diaryl/α,β-unsaturated/α-hetero) is 1. The van der Waals surface area contributed by atoms with Crippen molar-refractivity contribution in [1.29, 1.82) is 0 Å². The molecule has 166 valence electrons. The van der Waals surface area contributed by atoms with E-state index >= 15 is 0 Å². The fraction of sp³-hybridized carbons (Fsp3) is 0.800. The minimum absolute atomic E-state index is 0.143. The van der Waals surface area contributed by atoms with E-state index in [0.29, 0.717) is 18.8 Å². The molecule has 2 aliphatic rings. The van der Waals surface area contributed by atoms with E-state index in [0.717, 1.165) is 44.9 Å². The molecule has 0 amide bonds. The molecule has 2 saturated carbocycles. The van der Waals surface area contributed by atoms with Crippen LogP contribution in [0.1, 0.15) is 90.4 Å². The quantitative estimate of drug-likeness (QED) is 0.272. The number of hydrogen-bond acceptors (Lipinski definition) is 4. The maximum Gasteiger partial charge on any atom is 0.139 e. The standard InChI is InChI=1S/C25H42O4/c1-2-3-4-9-16-25(29,20-14-15-20)17-11-13-22-21(23(27)19-24(22)28)12-8-6-5-7-10-18-26/h6,8,11,13,20-22,24,26,28-29H,2-5,7,9-10,12,14-19H2,1H3/t21-,22-,24-,25?/m1/s1. The first-order valence-corrected chi connectivity index (χ1v) is 11.9. The van der Waals surface area contributed by atoms with Crippen LogP contribution in [0.25, 0.3) is 0 Å². The Morgan fingerprint density at radius 2 is 1.86 bits per heavy atom. The number of allylic oxidation sites excluding steroid dienone is 2. The summed E-state index contributed by atoms with van der Waals surface area (Å²) in [6.45, 7) is 2.42. The molecule has 3 N–H and O–H groups in total. The molecule has 0 saturated heterocycles. The Hall–Kier alpha value is -0.970. The third-order valence-corrected chi connectivity index (χ3v) is 6.70. The van der Waals surface area contributed by atoms with Crippen molar-refractivity contribution < 1.29 is 20.1 Å². The van der Waals surface area contributed by atoms with Gasteiger partial charge in [-0.1, -0.05) is 56.9 Å². The molecule has 29 heavy (non-hydrogen) atoms. The molecule has 4 heteroatoms. The van der Waals surface area contributed by atoms with Gasteiger partial charge >= 0.3 is 0 Å². The van der Waals surface area contributed by atoms with Crippen LogP contribution in [0.3, 0.4) is 0 Å². The Bertz CT molecular complexity index is 537. The van der Waals surface area contributed by atoms with E-state index in [1.807, 2.05) is 18.2 Å². The van der Waals surface area contributed by atoms with Gasteiger partial charge in [-0.3, -0.25) is 4.79 Å². The molecule has 0 radical (unpaired) electrons. The second-order valence-electron chi connectivity index (χ2n) is 9.17. The van der Waals surface area contributed by atoms with Crippen molar-refractivity contribution in [2.75, 3.05) is 6.61 Å². The third-order valence-electron chi connectivity index (χ3n) is 6.70. The van der Waals surface area contributed by atoms with Crippen molar-refractivity contribution in [3.8, 4) is 0 Å². The Morgan fingerprint density at radius 1 is 1.07 bits per heavy atom. The van der Waals surface area contributed by atoms with Crippen LogP contribution in [0.4, 0.5) is 0 Å². The highest BCUT2D eigenvalue weighted by Gasteiger charge is 2.43. The summed E-state index contributed by atoms with van der Waals surface area (Å²) >= 11 is 0. The van der Waals surface area contributed by atoms with E-state index in [2.05, 4.69) is 13.0 Å². The van der Waals surface area contributed by atoms with Crippen molar-refractivity contribution in [2.24, 2.45) is 17.8 Å². The number of hydrogen-bond donors (Lipinski definition) is 3. The van der Waals surface area contributed by atoms with E-state index < -0.39 is 11.7 Å². The minimum atomic E-state index is -0.611. The molecule has 4 nitrogen and oxygen atoms in total. The van der Waals surface area contributed by atoms with Crippen molar-refractivity contribution in [1.82, 2.24) is 0 Å². The number of unbranched alkanes of at least 4 members (excludes halogenated alkanes) is 5. The Balaban J connectivity index is 1.87. The molecule has 2 rings (SSSR count). The van der Waals surface area contributed by atoms with Gasteiger partial charge in [0.05, 0.1) is 11.7 Å². The lowest BCUT2D eigenvalue weighted by atomic mass is 9.85. The molecule has 2 aliphatic carbocycles. The topological polar surface area (TPSA) is 77.8 Å². The highest BCUT2D eigenvalue weighted by Crippen LogP contribution is 2.45. The monoisotopic (exact) mass is 406 g/mol. The fourth-order valence-electron chi connectivity index (χ4n) is 4.64. The zero-order chi connectivity index (χ0) is 21.1. The molecular weight excluding hydrogens is 364 g/mol. The average Bonchev–Trinajstić information content (AvgIpc) is 3.51. The van der Waals surface area contributed by atoms with Crippen LogP contribution < -0.4 is 0 Å². The Labute approximate surface area is 177 Å². The lowest BCUT2D eigenvalue weighted by Crippen LogP contribution is -2.30. The first kappa shape index (κ1) is 24.3. The van der Waals surface area contributed by atoms with Gasteiger partial charge in [0.2, 0.25) is 0 Å². The number of carbonyl (C=O) groups is 1. The maximum absolute atomic E-state index is 12.3. The summed E-state index contributed by atoms with van der Waals surface area (Å²) in [5, 5.41) is 30.3. The molecule has 2 fully saturated rings. The highest BCUT2D eigenvalue weighted by atomic mass is 16.3. The van der Waals surface area contributed by atoms with Crippen LogP contribution >= 0.6 is 0 Å². The van der Waals surface area contributed by atoms with E-state index in [9.17, 15) is 15.0 Å². The normalized spacial score (nSPS) is 27.3. The molecule has 0 heterocycles. The lowest BCUT2D eigenvalue weighted by Gasteiger charge is -2.27. The molecule has 0 aliphatic heterocycles. The molecule has 0 aromatic carbocycles. The van der Waals surface area contributed by atoms with Gasteiger partial charge in [0, 0.05) is 24.9 Å². The molecule has 0 aromatic heterocycles. The molecule has 1 unspecified atom stereocenters. The number of aliphatic hydroxyl groups excluding tert-OH is 2. The summed E-state index contributed by atoms with van der Waals surface area (Å²) in [6.07, 6.45) is 19.5. The lowest BCUT2D eigenvalue weighted by molar-refractivity contribution is -0.121. The second-order valence-corrected chi connectivity index (χ2v) is 9.17. The van der Waals surface area contributed by atoms with Crippen molar-refractivity contribution in [3.05, 3.63) is 24.3 Å². The van der Waals surface area contributed by atoms with Gasteiger partial charge in [0.15, 0.2) is 0 Å². The van der Waals surface area contributed by atoms with Crippen molar-refractivity contribution in [2.45, 2.75) is 102 Å². The molecular formula is C25H42O4. The van der Waals surface area contributed by atoms with Gasteiger partial charge in [0.1, 0.15) is 5.78 Å². The first-order chi connectivity index (χ1) is 14.0.